The minimum Gasteiger partial charge on any atom is -0.481 e. The predicted molar refractivity (Wildman–Crippen MR) is 82.8 cm³/mol. The summed E-state index contributed by atoms with van der Waals surface area (Å²) in [4.78, 5) is 23.9. The first-order valence-corrected chi connectivity index (χ1v) is 8.12. The molecule has 1 aliphatic rings. The first-order valence-electron chi connectivity index (χ1n) is 8.12. The highest BCUT2D eigenvalue weighted by Crippen LogP contribution is 2.35. The van der Waals surface area contributed by atoms with Gasteiger partial charge in [0.05, 0.1) is 11.3 Å². The number of rotatable bonds is 7. The number of aliphatic carboxylic acids is 1. The molecule has 5 heteroatoms. The van der Waals surface area contributed by atoms with Crippen molar-refractivity contribution in [1.82, 2.24) is 5.32 Å². The van der Waals surface area contributed by atoms with Gasteiger partial charge in [0.2, 0.25) is 5.91 Å². The van der Waals surface area contributed by atoms with Crippen LogP contribution in [-0.4, -0.2) is 30.1 Å². The minimum atomic E-state index is -0.789. The van der Waals surface area contributed by atoms with Crippen molar-refractivity contribution in [2.75, 3.05) is 13.1 Å². The third kappa shape index (κ3) is 5.30. The van der Waals surface area contributed by atoms with Gasteiger partial charge in [0.1, 0.15) is 0 Å². The van der Waals surface area contributed by atoms with E-state index in [4.69, 9.17) is 5.73 Å². The molecule has 0 radical (unpaired) electrons. The summed E-state index contributed by atoms with van der Waals surface area (Å²) in [5, 5.41) is 12.5. The largest absolute Gasteiger partial charge is 0.481 e. The van der Waals surface area contributed by atoms with Gasteiger partial charge in [-0.1, -0.05) is 39.5 Å². The second kappa shape index (κ2) is 8.37. The molecular formula is C16H30N2O3. The first-order chi connectivity index (χ1) is 9.91. The molecule has 21 heavy (non-hydrogen) atoms. The Morgan fingerprint density at radius 3 is 2.19 bits per heavy atom. The van der Waals surface area contributed by atoms with Crippen LogP contribution in [0.4, 0.5) is 0 Å². The van der Waals surface area contributed by atoms with Crippen LogP contribution >= 0.6 is 0 Å². The van der Waals surface area contributed by atoms with Crippen molar-refractivity contribution >= 4 is 11.9 Å². The van der Waals surface area contributed by atoms with Crippen molar-refractivity contribution in [3.8, 4) is 0 Å². The molecule has 1 fully saturated rings. The number of amides is 1. The third-order valence-electron chi connectivity index (χ3n) is 4.53. The Hall–Kier alpha value is -1.10. The summed E-state index contributed by atoms with van der Waals surface area (Å²) in [6.07, 6.45) is 6.06. The maximum Gasteiger partial charge on any atom is 0.311 e. The van der Waals surface area contributed by atoms with Gasteiger partial charge in [0.25, 0.3) is 0 Å². The van der Waals surface area contributed by atoms with E-state index in [2.05, 4.69) is 19.2 Å². The van der Waals surface area contributed by atoms with Crippen LogP contribution in [-0.2, 0) is 9.59 Å². The summed E-state index contributed by atoms with van der Waals surface area (Å²) in [6.45, 7) is 4.65. The van der Waals surface area contributed by atoms with Crippen molar-refractivity contribution in [3.05, 3.63) is 0 Å². The molecule has 0 heterocycles. The second-order valence-electron chi connectivity index (χ2n) is 6.78. The Morgan fingerprint density at radius 1 is 1.19 bits per heavy atom. The van der Waals surface area contributed by atoms with E-state index in [1.54, 1.807) is 0 Å². The van der Waals surface area contributed by atoms with Crippen LogP contribution < -0.4 is 11.1 Å². The van der Waals surface area contributed by atoms with Gasteiger partial charge in [-0.05, 0) is 25.2 Å². The van der Waals surface area contributed by atoms with Gasteiger partial charge in [-0.3, -0.25) is 9.59 Å². The SMILES string of the molecule is CC(C)CC(CN)C(=O)NCC1(C(=O)O)CCCCCC1. The van der Waals surface area contributed by atoms with Crippen LogP contribution in [0.3, 0.4) is 0 Å². The fraction of sp³-hybridized carbons (Fsp3) is 0.875. The Bertz CT molecular complexity index is 347. The van der Waals surface area contributed by atoms with E-state index in [0.717, 1.165) is 32.1 Å². The third-order valence-corrected chi connectivity index (χ3v) is 4.53. The topological polar surface area (TPSA) is 92.4 Å². The first kappa shape index (κ1) is 18.0. The Labute approximate surface area is 127 Å². The van der Waals surface area contributed by atoms with Crippen molar-refractivity contribution in [3.63, 3.8) is 0 Å². The fourth-order valence-corrected chi connectivity index (χ4v) is 3.15. The summed E-state index contributed by atoms with van der Waals surface area (Å²) in [6, 6.07) is 0. The van der Waals surface area contributed by atoms with E-state index < -0.39 is 11.4 Å². The van der Waals surface area contributed by atoms with Gasteiger partial charge in [-0.15, -0.1) is 0 Å². The van der Waals surface area contributed by atoms with E-state index in [1.165, 1.54) is 0 Å². The van der Waals surface area contributed by atoms with Crippen LogP contribution in [0, 0.1) is 17.3 Å². The molecule has 0 saturated heterocycles. The van der Waals surface area contributed by atoms with Gasteiger partial charge in [-0.25, -0.2) is 0 Å². The second-order valence-corrected chi connectivity index (χ2v) is 6.78. The Balaban J connectivity index is 2.63. The molecule has 1 rings (SSSR count). The predicted octanol–water partition coefficient (Wildman–Crippen LogP) is 2.15. The molecular weight excluding hydrogens is 268 g/mol. The summed E-state index contributed by atoms with van der Waals surface area (Å²) in [7, 11) is 0. The number of carboxylic acid groups (broad SMARTS) is 1. The van der Waals surface area contributed by atoms with Gasteiger partial charge >= 0.3 is 5.97 Å². The zero-order valence-corrected chi connectivity index (χ0v) is 13.4. The lowest BCUT2D eigenvalue weighted by Crippen LogP contribution is -2.45. The molecule has 0 aromatic heterocycles. The van der Waals surface area contributed by atoms with E-state index in [1.807, 2.05) is 0 Å². The van der Waals surface area contributed by atoms with E-state index in [0.29, 0.717) is 25.3 Å². The number of nitrogens with two attached hydrogens (primary N) is 1. The van der Waals surface area contributed by atoms with Crippen molar-refractivity contribution in [2.24, 2.45) is 23.0 Å². The lowest BCUT2D eigenvalue weighted by atomic mass is 9.80. The van der Waals surface area contributed by atoms with Gasteiger partial charge in [0.15, 0.2) is 0 Å². The number of carbonyl (C=O) groups is 2. The molecule has 1 atom stereocenters. The standard InChI is InChI=1S/C16H30N2O3/c1-12(2)9-13(10-17)14(19)18-11-16(15(20)21)7-5-3-4-6-8-16/h12-13H,3-11,17H2,1-2H3,(H,18,19)(H,20,21). The normalized spacial score (nSPS) is 19.8. The number of nitrogens with one attached hydrogen (secondary N) is 1. The smallest absolute Gasteiger partial charge is 0.311 e. The molecule has 0 spiro atoms. The zero-order valence-electron chi connectivity index (χ0n) is 13.4. The lowest BCUT2D eigenvalue weighted by molar-refractivity contribution is -0.150. The van der Waals surface area contributed by atoms with Crippen LogP contribution in [0.15, 0.2) is 0 Å². The molecule has 122 valence electrons. The lowest BCUT2D eigenvalue weighted by Gasteiger charge is -2.29. The van der Waals surface area contributed by atoms with Crippen LogP contribution in [0.25, 0.3) is 0 Å². The minimum absolute atomic E-state index is 0.101. The molecule has 1 unspecified atom stereocenters. The van der Waals surface area contributed by atoms with Gasteiger partial charge in [0, 0.05) is 13.1 Å². The van der Waals surface area contributed by atoms with Crippen molar-refractivity contribution in [2.45, 2.75) is 58.8 Å². The summed E-state index contributed by atoms with van der Waals surface area (Å²) in [5.41, 5.74) is 4.88. The van der Waals surface area contributed by atoms with Crippen LogP contribution in [0.2, 0.25) is 0 Å². The highest BCUT2D eigenvalue weighted by Gasteiger charge is 2.39. The number of hydrogen-bond donors (Lipinski definition) is 3. The molecule has 1 aliphatic carbocycles. The Kier molecular flexibility index (Phi) is 7.15. The van der Waals surface area contributed by atoms with Crippen molar-refractivity contribution in [1.29, 1.82) is 0 Å². The van der Waals surface area contributed by atoms with Crippen LogP contribution in [0.5, 0.6) is 0 Å². The average Bonchev–Trinajstić information content (AvgIpc) is 2.68. The molecule has 1 amide bonds. The number of carboxylic acids is 1. The Morgan fingerprint density at radius 2 is 1.76 bits per heavy atom. The number of carbonyl (C=O) groups excluding carboxylic acids is 1. The molecule has 4 N–H and O–H groups in total. The molecule has 5 nitrogen and oxygen atoms in total. The molecule has 0 aliphatic heterocycles. The van der Waals surface area contributed by atoms with Crippen molar-refractivity contribution < 1.29 is 14.7 Å². The summed E-state index contributed by atoms with van der Waals surface area (Å²) < 4.78 is 0. The monoisotopic (exact) mass is 298 g/mol. The zero-order chi connectivity index (χ0) is 15.9. The average molecular weight is 298 g/mol. The maximum atomic E-state index is 12.2. The maximum absolute atomic E-state index is 12.2. The molecule has 0 aromatic rings. The quantitative estimate of drug-likeness (QED) is 0.628. The summed E-state index contributed by atoms with van der Waals surface area (Å²) >= 11 is 0. The fourth-order valence-electron chi connectivity index (χ4n) is 3.15. The molecule has 0 bridgehead atoms. The number of hydrogen-bond acceptors (Lipinski definition) is 3. The van der Waals surface area contributed by atoms with E-state index >= 15 is 0 Å². The molecule has 0 aromatic carbocycles. The van der Waals surface area contributed by atoms with Crippen LogP contribution in [0.1, 0.15) is 58.8 Å². The summed E-state index contributed by atoms with van der Waals surface area (Å²) in [5.74, 6) is -0.703. The highest BCUT2D eigenvalue weighted by atomic mass is 16.4. The molecule has 1 saturated carbocycles. The van der Waals surface area contributed by atoms with E-state index in [-0.39, 0.29) is 18.4 Å². The van der Waals surface area contributed by atoms with E-state index in [9.17, 15) is 14.7 Å². The van der Waals surface area contributed by atoms with Gasteiger partial charge < -0.3 is 16.2 Å². The highest BCUT2D eigenvalue weighted by molar-refractivity contribution is 5.81. The van der Waals surface area contributed by atoms with Gasteiger partial charge in [-0.2, -0.15) is 0 Å².